The van der Waals surface area contributed by atoms with E-state index < -0.39 is 0 Å². The van der Waals surface area contributed by atoms with Gasteiger partial charge in [0.1, 0.15) is 5.01 Å². The van der Waals surface area contributed by atoms with Gasteiger partial charge in [-0.15, -0.1) is 11.3 Å². The van der Waals surface area contributed by atoms with Gasteiger partial charge in [-0.25, -0.2) is 4.98 Å². The lowest BCUT2D eigenvalue weighted by Crippen LogP contribution is -2.37. The lowest BCUT2D eigenvalue weighted by atomic mass is 10.0. The lowest BCUT2D eigenvalue weighted by molar-refractivity contribution is -0.132. The molecular formula is C27H41N3O2S. The molecule has 0 spiro atoms. The third-order valence-corrected chi connectivity index (χ3v) is 7.15. The van der Waals surface area contributed by atoms with Crippen molar-refractivity contribution in [1.82, 2.24) is 15.2 Å². The summed E-state index contributed by atoms with van der Waals surface area (Å²) in [5.74, 6) is 0.739. The van der Waals surface area contributed by atoms with E-state index in [0.717, 1.165) is 37.2 Å². The van der Waals surface area contributed by atoms with Crippen LogP contribution in [0.4, 0.5) is 0 Å². The summed E-state index contributed by atoms with van der Waals surface area (Å²) < 4.78 is 0. The van der Waals surface area contributed by atoms with Crippen molar-refractivity contribution in [2.75, 3.05) is 13.1 Å². The molecule has 0 fully saturated rings. The highest BCUT2D eigenvalue weighted by atomic mass is 32.1. The number of aromatic nitrogens is 1. The van der Waals surface area contributed by atoms with Crippen molar-refractivity contribution in [2.45, 2.75) is 78.7 Å². The fourth-order valence-electron chi connectivity index (χ4n) is 3.85. The van der Waals surface area contributed by atoms with Crippen LogP contribution in [0, 0.1) is 11.8 Å². The van der Waals surface area contributed by atoms with E-state index in [1.807, 2.05) is 35.4 Å². The fraction of sp³-hybridized carbons (Fsp3) is 0.593. The highest BCUT2D eigenvalue weighted by Gasteiger charge is 2.22. The summed E-state index contributed by atoms with van der Waals surface area (Å²) in [5.41, 5.74) is 1.17. The minimum atomic E-state index is -0.171. The number of hydrogen-bond donors (Lipinski definition) is 1. The number of carbonyl (C=O) groups is 2. The fourth-order valence-corrected chi connectivity index (χ4v) is 4.54. The highest BCUT2D eigenvalue weighted by Crippen LogP contribution is 2.22. The molecule has 2 unspecified atom stereocenters. The van der Waals surface area contributed by atoms with E-state index in [1.165, 1.54) is 5.56 Å². The highest BCUT2D eigenvalue weighted by molar-refractivity contribution is 7.09. The molecule has 0 bridgehead atoms. The molecule has 0 saturated carbocycles. The average Bonchev–Trinajstić information content (AvgIpc) is 3.36. The summed E-state index contributed by atoms with van der Waals surface area (Å²) >= 11 is 1.57. The van der Waals surface area contributed by atoms with Gasteiger partial charge in [0.25, 0.3) is 0 Å². The minimum absolute atomic E-state index is 0.0202. The zero-order valence-electron chi connectivity index (χ0n) is 20.8. The van der Waals surface area contributed by atoms with Crippen LogP contribution in [-0.2, 0) is 16.0 Å². The Bertz CT molecular complexity index is 810. The van der Waals surface area contributed by atoms with Crippen LogP contribution >= 0.6 is 11.3 Å². The molecular weight excluding hydrogens is 430 g/mol. The topological polar surface area (TPSA) is 62.3 Å². The van der Waals surface area contributed by atoms with Crippen LogP contribution in [0.5, 0.6) is 0 Å². The van der Waals surface area contributed by atoms with Crippen LogP contribution < -0.4 is 5.32 Å². The first kappa shape index (κ1) is 27.0. The summed E-state index contributed by atoms with van der Waals surface area (Å²) in [6.45, 7) is 9.87. The summed E-state index contributed by atoms with van der Waals surface area (Å²) in [4.78, 5) is 32.2. The number of nitrogens with one attached hydrogen (secondary N) is 1. The maximum Gasteiger partial charge on any atom is 0.223 e. The molecule has 182 valence electrons. The van der Waals surface area contributed by atoms with Crippen molar-refractivity contribution in [2.24, 2.45) is 11.8 Å². The van der Waals surface area contributed by atoms with Gasteiger partial charge < -0.3 is 10.2 Å². The van der Waals surface area contributed by atoms with E-state index in [-0.39, 0.29) is 23.8 Å². The summed E-state index contributed by atoms with van der Waals surface area (Å²) in [6, 6.07) is 10.0. The SMILES string of the molecule is CCCN(CCC(C)C(=O)NC(Cc1ccccc1)c1nccs1)C(=O)CCC[C@@H](C)CC. The van der Waals surface area contributed by atoms with Gasteiger partial charge in [0.2, 0.25) is 11.8 Å². The van der Waals surface area contributed by atoms with Crippen molar-refractivity contribution in [3.63, 3.8) is 0 Å². The summed E-state index contributed by atoms with van der Waals surface area (Å²) in [7, 11) is 0. The molecule has 6 heteroatoms. The molecule has 2 aromatic rings. The first-order valence-corrected chi connectivity index (χ1v) is 13.3. The molecule has 33 heavy (non-hydrogen) atoms. The van der Waals surface area contributed by atoms with Crippen molar-refractivity contribution >= 4 is 23.2 Å². The van der Waals surface area contributed by atoms with Gasteiger partial charge in [0.05, 0.1) is 6.04 Å². The molecule has 2 amide bonds. The molecule has 0 aliphatic rings. The number of amides is 2. The first-order chi connectivity index (χ1) is 15.9. The monoisotopic (exact) mass is 471 g/mol. The Morgan fingerprint density at radius 3 is 2.48 bits per heavy atom. The summed E-state index contributed by atoms with van der Waals surface area (Å²) in [5, 5.41) is 6.07. The smallest absolute Gasteiger partial charge is 0.223 e. The predicted octanol–water partition coefficient (Wildman–Crippen LogP) is 6.02. The molecule has 0 radical (unpaired) electrons. The molecule has 1 heterocycles. The van der Waals surface area contributed by atoms with E-state index in [4.69, 9.17) is 0 Å². The Morgan fingerprint density at radius 1 is 1.09 bits per heavy atom. The van der Waals surface area contributed by atoms with Gasteiger partial charge in [0.15, 0.2) is 0 Å². The minimum Gasteiger partial charge on any atom is -0.346 e. The van der Waals surface area contributed by atoms with Crippen LogP contribution in [0.25, 0.3) is 0 Å². The number of hydrogen-bond acceptors (Lipinski definition) is 4. The average molecular weight is 472 g/mol. The quantitative estimate of drug-likeness (QED) is 0.345. The second kappa shape index (κ2) is 14.8. The van der Waals surface area contributed by atoms with Gasteiger partial charge in [-0.2, -0.15) is 0 Å². The molecule has 5 nitrogen and oxygen atoms in total. The van der Waals surface area contributed by atoms with Crippen molar-refractivity contribution in [3.05, 3.63) is 52.5 Å². The lowest BCUT2D eigenvalue weighted by Gasteiger charge is -2.25. The van der Waals surface area contributed by atoms with Crippen LogP contribution in [-0.4, -0.2) is 34.8 Å². The summed E-state index contributed by atoms with van der Waals surface area (Å²) in [6.07, 6.45) is 7.89. The number of nitrogens with zero attached hydrogens (tertiary/aromatic N) is 2. The van der Waals surface area contributed by atoms with Gasteiger partial charge >= 0.3 is 0 Å². The number of rotatable bonds is 15. The molecule has 1 N–H and O–H groups in total. The third-order valence-electron chi connectivity index (χ3n) is 6.26. The van der Waals surface area contributed by atoms with Gasteiger partial charge in [0, 0.05) is 37.0 Å². The number of thiazole rings is 1. The van der Waals surface area contributed by atoms with E-state index in [9.17, 15) is 9.59 Å². The number of benzene rings is 1. The Morgan fingerprint density at radius 2 is 1.85 bits per heavy atom. The molecule has 1 aromatic carbocycles. The molecule has 1 aromatic heterocycles. The van der Waals surface area contributed by atoms with Gasteiger partial charge in [-0.1, -0.05) is 70.9 Å². The second-order valence-corrected chi connectivity index (χ2v) is 10.0. The van der Waals surface area contributed by atoms with Crippen LogP contribution in [0.15, 0.2) is 41.9 Å². The largest absolute Gasteiger partial charge is 0.346 e. The van der Waals surface area contributed by atoms with Crippen molar-refractivity contribution in [3.8, 4) is 0 Å². The van der Waals surface area contributed by atoms with E-state index in [1.54, 1.807) is 17.5 Å². The molecule has 0 saturated heterocycles. The zero-order chi connectivity index (χ0) is 24.1. The van der Waals surface area contributed by atoms with Gasteiger partial charge in [-0.05, 0) is 37.2 Å². The second-order valence-electron chi connectivity index (χ2n) is 9.10. The van der Waals surface area contributed by atoms with Crippen LogP contribution in [0.3, 0.4) is 0 Å². The third kappa shape index (κ3) is 9.66. The molecule has 2 rings (SSSR count). The maximum atomic E-state index is 13.0. The molecule has 0 aliphatic heterocycles. The first-order valence-electron chi connectivity index (χ1n) is 12.5. The Hall–Kier alpha value is -2.21. The van der Waals surface area contributed by atoms with E-state index >= 15 is 0 Å². The Labute approximate surface area is 204 Å². The standard InChI is InChI=1S/C27H41N3O2S/c1-5-17-30(25(31)14-10-11-21(3)6-2)18-15-22(4)26(32)29-24(27-28-16-19-33-27)20-23-12-8-7-9-13-23/h7-9,12-13,16,19,21-22,24H,5-6,10-11,14-15,17-18,20H2,1-4H3,(H,29,32)/t21-,22?,24?/m0/s1. The maximum absolute atomic E-state index is 13.0. The zero-order valence-corrected chi connectivity index (χ0v) is 21.6. The van der Waals surface area contributed by atoms with Crippen molar-refractivity contribution < 1.29 is 9.59 Å². The van der Waals surface area contributed by atoms with E-state index in [2.05, 4.69) is 43.2 Å². The normalized spacial score (nSPS) is 13.8. The van der Waals surface area contributed by atoms with E-state index in [0.29, 0.717) is 31.7 Å². The van der Waals surface area contributed by atoms with Crippen LogP contribution in [0.1, 0.15) is 82.8 Å². The predicted molar refractivity (Wildman–Crippen MR) is 137 cm³/mol. The van der Waals surface area contributed by atoms with Crippen LogP contribution in [0.2, 0.25) is 0 Å². The number of carbonyl (C=O) groups excluding carboxylic acids is 2. The molecule has 0 aliphatic carbocycles. The molecule has 3 atom stereocenters. The Kier molecular flexibility index (Phi) is 12.2. The van der Waals surface area contributed by atoms with Gasteiger partial charge in [-0.3, -0.25) is 9.59 Å². The van der Waals surface area contributed by atoms with Crippen molar-refractivity contribution in [1.29, 1.82) is 0 Å². The Balaban J connectivity index is 1.90.